The predicted molar refractivity (Wildman–Crippen MR) is 107 cm³/mol. The number of fused-ring (bicyclic) bond motifs is 1. The number of carbonyl (C=O) groups is 1. The molecule has 1 heterocycles. The average molecular weight is 395 g/mol. The molecule has 0 bridgehead atoms. The topological polar surface area (TPSA) is 46.9 Å². The highest BCUT2D eigenvalue weighted by atomic mass is 32.2. The van der Waals surface area contributed by atoms with Crippen LogP contribution in [0.25, 0.3) is 16.7 Å². The summed E-state index contributed by atoms with van der Waals surface area (Å²) >= 11 is 0.361. The zero-order chi connectivity index (χ0) is 19.5. The first-order chi connectivity index (χ1) is 13.6. The molecule has 0 aliphatic rings. The van der Waals surface area contributed by atoms with Crippen LogP contribution < -0.4 is 5.32 Å². The molecule has 0 radical (unpaired) electrons. The Hall–Kier alpha value is -3.19. The van der Waals surface area contributed by atoms with Crippen LogP contribution in [0.2, 0.25) is 0 Å². The van der Waals surface area contributed by atoms with Gasteiger partial charge in [0.15, 0.2) is 0 Å². The Labute approximate surface area is 164 Å². The van der Waals surface area contributed by atoms with E-state index in [4.69, 9.17) is 0 Å². The number of alkyl halides is 2. The molecule has 0 aliphatic carbocycles. The number of amides is 1. The van der Waals surface area contributed by atoms with Gasteiger partial charge in [-0.05, 0) is 48.5 Å². The Morgan fingerprint density at radius 3 is 2.46 bits per heavy atom. The normalized spacial score (nSPS) is 11.1. The molecule has 1 aromatic heterocycles. The van der Waals surface area contributed by atoms with E-state index in [0.29, 0.717) is 17.4 Å². The molecular formula is C21H15F2N3OS. The largest absolute Gasteiger partial charge is 0.322 e. The molecule has 4 rings (SSSR count). The third-order valence-electron chi connectivity index (χ3n) is 4.20. The highest BCUT2D eigenvalue weighted by molar-refractivity contribution is 7.99. The molecule has 0 saturated heterocycles. The summed E-state index contributed by atoms with van der Waals surface area (Å²) in [6.07, 6.45) is 1.75. The lowest BCUT2D eigenvalue weighted by molar-refractivity contribution is 0.102. The Balaban J connectivity index is 1.55. The predicted octanol–water partition coefficient (Wildman–Crippen LogP) is 5.59. The minimum Gasteiger partial charge on any atom is -0.322 e. The van der Waals surface area contributed by atoms with Crippen LogP contribution in [0.5, 0.6) is 0 Å². The fourth-order valence-electron chi connectivity index (χ4n) is 2.92. The minimum atomic E-state index is -2.58. The van der Waals surface area contributed by atoms with E-state index < -0.39 is 11.7 Å². The van der Waals surface area contributed by atoms with Crippen molar-refractivity contribution >= 4 is 34.4 Å². The molecule has 0 spiro atoms. The summed E-state index contributed by atoms with van der Waals surface area (Å²) in [5, 5.41) is 2.76. The lowest BCUT2D eigenvalue weighted by Crippen LogP contribution is -2.13. The van der Waals surface area contributed by atoms with Crippen molar-refractivity contribution in [2.24, 2.45) is 0 Å². The Morgan fingerprint density at radius 1 is 0.964 bits per heavy atom. The van der Waals surface area contributed by atoms with Gasteiger partial charge >= 0.3 is 0 Å². The second-order valence-electron chi connectivity index (χ2n) is 5.98. The Kier molecular flexibility index (Phi) is 5.08. The second kappa shape index (κ2) is 7.82. The van der Waals surface area contributed by atoms with Crippen LogP contribution in [0.15, 0.2) is 84.0 Å². The molecule has 4 nitrogen and oxygen atoms in total. The summed E-state index contributed by atoms with van der Waals surface area (Å²) in [5.74, 6) is -3.01. The van der Waals surface area contributed by atoms with Gasteiger partial charge in [-0.1, -0.05) is 36.0 Å². The van der Waals surface area contributed by atoms with Gasteiger partial charge in [-0.3, -0.25) is 9.36 Å². The third kappa shape index (κ3) is 3.75. The number of hydrogen-bond donors (Lipinski definition) is 1. The summed E-state index contributed by atoms with van der Waals surface area (Å²) in [7, 11) is 0. The van der Waals surface area contributed by atoms with Crippen LogP contribution >= 0.6 is 11.8 Å². The first kappa shape index (κ1) is 18.2. The fraction of sp³-hybridized carbons (Fsp3) is 0.0476. The van der Waals surface area contributed by atoms with Crippen LogP contribution in [0.1, 0.15) is 10.4 Å². The average Bonchev–Trinajstić information content (AvgIpc) is 3.13. The van der Waals surface area contributed by atoms with Crippen molar-refractivity contribution in [3.63, 3.8) is 0 Å². The van der Waals surface area contributed by atoms with Gasteiger partial charge in [-0.25, -0.2) is 4.98 Å². The van der Waals surface area contributed by atoms with Crippen LogP contribution in [-0.2, 0) is 0 Å². The van der Waals surface area contributed by atoms with Gasteiger partial charge in [-0.2, -0.15) is 8.78 Å². The molecule has 3 aromatic carbocycles. The number of aromatic nitrogens is 2. The first-order valence-electron chi connectivity index (χ1n) is 8.49. The van der Waals surface area contributed by atoms with Crippen molar-refractivity contribution in [1.29, 1.82) is 0 Å². The first-order valence-corrected chi connectivity index (χ1v) is 9.37. The summed E-state index contributed by atoms with van der Waals surface area (Å²) < 4.78 is 27.4. The summed E-state index contributed by atoms with van der Waals surface area (Å²) in [6.45, 7) is 0. The number of nitrogens with one attached hydrogen (secondary N) is 1. The summed E-state index contributed by atoms with van der Waals surface area (Å²) in [4.78, 5) is 17.1. The van der Waals surface area contributed by atoms with Crippen LogP contribution in [0.4, 0.5) is 14.5 Å². The maximum atomic E-state index is 12.7. The molecule has 1 N–H and O–H groups in total. The van der Waals surface area contributed by atoms with Crippen molar-refractivity contribution in [2.75, 3.05) is 5.32 Å². The van der Waals surface area contributed by atoms with E-state index in [2.05, 4.69) is 10.3 Å². The number of benzene rings is 3. The van der Waals surface area contributed by atoms with E-state index in [9.17, 15) is 13.6 Å². The standard InChI is InChI=1S/C21H15F2N3OS/c22-21(23)28-19-8-4-1-5-16(19)20(27)25-14-9-11-15(12-10-14)26-13-24-17-6-2-3-7-18(17)26/h1-13,21H,(H,25,27). The zero-order valence-electron chi connectivity index (χ0n) is 14.5. The molecule has 0 saturated carbocycles. The number of hydrogen-bond acceptors (Lipinski definition) is 3. The summed E-state index contributed by atoms with van der Waals surface area (Å²) in [5.41, 5.74) is 3.58. The van der Waals surface area contributed by atoms with Crippen molar-refractivity contribution in [3.05, 3.63) is 84.7 Å². The van der Waals surface area contributed by atoms with Gasteiger partial charge in [0.1, 0.15) is 6.33 Å². The molecule has 0 unspecified atom stereocenters. The number of carbonyl (C=O) groups excluding carboxylic acids is 1. The highest BCUT2D eigenvalue weighted by Gasteiger charge is 2.15. The van der Waals surface area contributed by atoms with Gasteiger partial charge in [0.2, 0.25) is 0 Å². The number of rotatable bonds is 5. The van der Waals surface area contributed by atoms with Crippen LogP contribution in [0, 0.1) is 0 Å². The SMILES string of the molecule is O=C(Nc1ccc(-n2cnc3ccccc32)cc1)c1ccccc1SC(F)F. The maximum absolute atomic E-state index is 12.7. The molecule has 0 fully saturated rings. The van der Waals surface area contributed by atoms with Gasteiger partial charge in [0.25, 0.3) is 11.7 Å². The molecule has 7 heteroatoms. The number of imidazole rings is 1. The Morgan fingerprint density at radius 2 is 1.68 bits per heavy atom. The van der Waals surface area contributed by atoms with Crippen molar-refractivity contribution in [2.45, 2.75) is 10.7 Å². The zero-order valence-corrected chi connectivity index (χ0v) is 15.4. The number of anilines is 1. The molecule has 140 valence electrons. The fourth-order valence-corrected chi connectivity index (χ4v) is 3.56. The van der Waals surface area contributed by atoms with Gasteiger partial charge in [0.05, 0.1) is 16.6 Å². The van der Waals surface area contributed by atoms with E-state index in [1.54, 1.807) is 30.6 Å². The highest BCUT2D eigenvalue weighted by Crippen LogP contribution is 2.29. The van der Waals surface area contributed by atoms with Crippen LogP contribution in [-0.4, -0.2) is 21.2 Å². The second-order valence-corrected chi connectivity index (χ2v) is 7.01. The van der Waals surface area contributed by atoms with Crippen molar-refractivity contribution in [3.8, 4) is 5.69 Å². The maximum Gasteiger partial charge on any atom is 0.288 e. The Bertz CT molecular complexity index is 1130. The van der Waals surface area contributed by atoms with Crippen molar-refractivity contribution in [1.82, 2.24) is 9.55 Å². The molecule has 28 heavy (non-hydrogen) atoms. The number of thioether (sulfide) groups is 1. The van der Waals surface area contributed by atoms with E-state index in [-0.39, 0.29) is 10.5 Å². The summed E-state index contributed by atoms with van der Waals surface area (Å²) in [6, 6.07) is 21.4. The van der Waals surface area contributed by atoms with Gasteiger partial charge < -0.3 is 5.32 Å². The van der Waals surface area contributed by atoms with Gasteiger partial charge in [-0.15, -0.1) is 0 Å². The monoisotopic (exact) mass is 395 g/mol. The van der Waals surface area contributed by atoms with Gasteiger partial charge in [0, 0.05) is 16.3 Å². The minimum absolute atomic E-state index is 0.220. The lowest BCUT2D eigenvalue weighted by Gasteiger charge is -2.10. The van der Waals surface area contributed by atoms with E-state index in [1.165, 1.54) is 12.1 Å². The smallest absolute Gasteiger partial charge is 0.288 e. The van der Waals surface area contributed by atoms with E-state index in [0.717, 1.165) is 16.7 Å². The molecule has 1 amide bonds. The van der Waals surface area contributed by atoms with Crippen molar-refractivity contribution < 1.29 is 13.6 Å². The number of halogens is 2. The van der Waals surface area contributed by atoms with E-state index in [1.807, 2.05) is 41.0 Å². The third-order valence-corrected chi connectivity index (χ3v) is 4.99. The quantitative estimate of drug-likeness (QED) is 0.448. The number of nitrogens with zero attached hydrogens (tertiary/aromatic N) is 2. The van der Waals surface area contributed by atoms with E-state index >= 15 is 0 Å². The van der Waals surface area contributed by atoms with Crippen LogP contribution in [0.3, 0.4) is 0 Å². The molecule has 4 aromatic rings. The molecule has 0 atom stereocenters. The lowest BCUT2D eigenvalue weighted by atomic mass is 10.2. The number of para-hydroxylation sites is 2. The molecule has 0 aliphatic heterocycles. The molecular weight excluding hydrogens is 380 g/mol.